The summed E-state index contributed by atoms with van der Waals surface area (Å²) in [7, 11) is 0. The van der Waals surface area contributed by atoms with Crippen LogP contribution in [0.1, 0.15) is 300 Å². The zero-order valence-electron chi connectivity index (χ0n) is 62.2. The molecule has 0 bridgehead atoms. The standard InChI is InChI=1S/4C18H26O4.C5H12O4/c4*1-17(2,3)12-9-11(7-8-14(19)20)10-13(18(4,5)6)15(12)16(21)22;6-1-5(2-7,3-8)4-9/h4*9-10H,7-8H2,1-6H3,(H,19,20)(H,21,22);6-9H,1-4H2. The van der Waals surface area contributed by atoms with Crippen molar-refractivity contribution in [2.24, 2.45) is 5.41 Å². The van der Waals surface area contributed by atoms with Crippen LogP contribution in [0.3, 0.4) is 0 Å². The molecule has 0 saturated carbocycles. The summed E-state index contributed by atoms with van der Waals surface area (Å²) in [6.07, 6.45) is 1.78. The van der Waals surface area contributed by atoms with Crippen LogP contribution in [-0.2, 0) is 88.2 Å². The van der Waals surface area contributed by atoms with Crippen molar-refractivity contribution in [3.8, 4) is 0 Å². The molecule has 0 aromatic heterocycles. The Bertz CT molecular complexity index is 2810. The third-order valence-corrected chi connectivity index (χ3v) is 16.0. The first-order valence-corrected chi connectivity index (χ1v) is 32.5. The number of carboxylic acid groups (broad SMARTS) is 8. The molecule has 0 heterocycles. The summed E-state index contributed by atoms with van der Waals surface area (Å²) in [6.45, 7) is 45.8. The van der Waals surface area contributed by atoms with E-state index in [1.807, 2.05) is 215 Å². The largest absolute Gasteiger partial charge is 0.481 e. The van der Waals surface area contributed by atoms with Crippen molar-refractivity contribution in [3.05, 3.63) is 138 Å². The van der Waals surface area contributed by atoms with Gasteiger partial charge in [0, 0.05) is 25.7 Å². The summed E-state index contributed by atoms with van der Waals surface area (Å²) >= 11 is 0. The lowest BCUT2D eigenvalue weighted by molar-refractivity contribution is -0.138. The Kier molecular flexibility index (Phi) is 32.6. The van der Waals surface area contributed by atoms with Crippen LogP contribution in [0.25, 0.3) is 0 Å². The molecule has 20 nitrogen and oxygen atoms in total. The highest BCUT2D eigenvalue weighted by Gasteiger charge is 2.35. The molecule has 0 spiro atoms. The topological polar surface area (TPSA) is 379 Å². The normalized spacial score (nSPS) is 12.2. The predicted molar refractivity (Wildman–Crippen MR) is 378 cm³/mol. The number of carboxylic acids is 8. The Balaban J connectivity index is 0.00000121. The molecule has 0 aliphatic heterocycles. The van der Waals surface area contributed by atoms with Gasteiger partial charge in [0.25, 0.3) is 0 Å². The highest BCUT2D eigenvalue weighted by Crippen LogP contribution is 2.40. The molecule has 0 radical (unpaired) electrons. The lowest BCUT2D eigenvalue weighted by Crippen LogP contribution is -2.37. The van der Waals surface area contributed by atoms with E-state index < -0.39 is 79.6 Å². The van der Waals surface area contributed by atoms with Crippen LogP contribution in [-0.4, -0.2) is 135 Å². The Morgan fingerprint density at radius 3 is 0.412 bits per heavy atom. The molecule has 12 N–H and O–H groups in total. The second-order valence-corrected chi connectivity index (χ2v) is 33.2. The highest BCUT2D eigenvalue weighted by atomic mass is 16.4. The van der Waals surface area contributed by atoms with Crippen LogP contribution < -0.4 is 0 Å². The van der Waals surface area contributed by atoms with E-state index in [0.29, 0.717) is 47.9 Å². The molecule has 20 heteroatoms. The third kappa shape index (κ3) is 28.5. The van der Waals surface area contributed by atoms with Gasteiger partial charge in [-0.1, -0.05) is 215 Å². The van der Waals surface area contributed by atoms with Crippen LogP contribution in [0.15, 0.2) is 48.5 Å². The Labute approximate surface area is 575 Å². The van der Waals surface area contributed by atoms with Crippen LogP contribution in [0.4, 0.5) is 0 Å². The van der Waals surface area contributed by atoms with Crippen molar-refractivity contribution in [1.82, 2.24) is 0 Å². The van der Waals surface area contributed by atoms with Gasteiger partial charge >= 0.3 is 47.8 Å². The van der Waals surface area contributed by atoms with E-state index in [-0.39, 0.29) is 69.0 Å². The molecule has 0 aliphatic rings. The van der Waals surface area contributed by atoms with Gasteiger partial charge in [-0.15, -0.1) is 0 Å². The van der Waals surface area contributed by atoms with Gasteiger partial charge < -0.3 is 61.3 Å². The maximum Gasteiger partial charge on any atom is 0.336 e. The van der Waals surface area contributed by atoms with Gasteiger partial charge in [-0.2, -0.15) is 0 Å². The lowest BCUT2D eigenvalue weighted by Gasteiger charge is -2.29. The molecule has 0 atom stereocenters. The van der Waals surface area contributed by atoms with Crippen LogP contribution in [0.5, 0.6) is 0 Å². The zero-order chi connectivity index (χ0) is 76.5. The van der Waals surface area contributed by atoms with Gasteiger partial charge in [-0.3, -0.25) is 19.2 Å². The summed E-state index contributed by atoms with van der Waals surface area (Å²) < 4.78 is 0. The summed E-state index contributed by atoms with van der Waals surface area (Å²) in [5.41, 5.74) is 7.23. The number of hydrogen-bond acceptors (Lipinski definition) is 12. The Morgan fingerprint density at radius 1 is 0.237 bits per heavy atom. The van der Waals surface area contributed by atoms with Gasteiger partial charge in [0.05, 0.1) is 54.1 Å². The molecule has 0 aliphatic carbocycles. The molecule has 544 valence electrons. The highest BCUT2D eigenvalue weighted by molar-refractivity contribution is 5.94. The van der Waals surface area contributed by atoms with E-state index in [1.165, 1.54) is 0 Å². The van der Waals surface area contributed by atoms with E-state index in [2.05, 4.69) is 0 Å². The molecule has 4 rings (SSSR count). The molecular weight excluding hydrogens is 1240 g/mol. The van der Waals surface area contributed by atoms with Gasteiger partial charge in [0.15, 0.2) is 0 Å². The first kappa shape index (κ1) is 89.5. The number of carbonyl (C=O) groups is 8. The van der Waals surface area contributed by atoms with Gasteiger partial charge in [0.2, 0.25) is 0 Å². The number of benzene rings is 4. The fraction of sp³-hybridized carbons (Fsp3) is 0.584. The van der Waals surface area contributed by atoms with E-state index in [4.69, 9.17) is 40.9 Å². The minimum atomic E-state index is -1.11. The average molecular weight is 1360 g/mol. The minimum Gasteiger partial charge on any atom is -0.481 e. The number of aliphatic hydroxyl groups is 4. The summed E-state index contributed by atoms with van der Waals surface area (Å²) in [5, 5.41) is 108. The Hall–Kier alpha value is -7.52. The molecular formula is C77H116O20. The predicted octanol–water partition coefficient (Wildman–Crippen LogP) is 13.9. The fourth-order valence-electron chi connectivity index (χ4n) is 10.3. The lowest BCUT2D eigenvalue weighted by atomic mass is 9.75. The minimum absolute atomic E-state index is 0.0413. The van der Waals surface area contributed by atoms with Gasteiger partial charge in [-0.25, -0.2) is 19.2 Å². The van der Waals surface area contributed by atoms with Gasteiger partial charge in [-0.05, 0) is 136 Å². The molecule has 4 aromatic carbocycles. The van der Waals surface area contributed by atoms with E-state index in [1.54, 1.807) is 0 Å². The zero-order valence-corrected chi connectivity index (χ0v) is 62.2. The number of hydrogen-bond donors (Lipinski definition) is 12. The van der Waals surface area contributed by atoms with Crippen molar-refractivity contribution >= 4 is 47.8 Å². The van der Waals surface area contributed by atoms with Crippen LogP contribution >= 0.6 is 0 Å². The molecule has 0 unspecified atom stereocenters. The first-order chi connectivity index (χ1) is 43.6. The SMILES string of the molecule is CC(C)(C)c1cc(CCC(=O)O)cc(C(C)(C)C)c1C(=O)O.CC(C)(C)c1cc(CCC(=O)O)cc(C(C)(C)C)c1C(=O)O.CC(C)(C)c1cc(CCC(=O)O)cc(C(C)(C)C)c1C(=O)O.CC(C)(C)c1cc(CCC(=O)O)cc(C(C)(C)C)c1C(=O)O.OCC(CO)(CO)CO. The monoisotopic (exact) mass is 1360 g/mol. The van der Waals surface area contributed by atoms with Crippen LogP contribution in [0.2, 0.25) is 0 Å². The third-order valence-electron chi connectivity index (χ3n) is 16.0. The van der Waals surface area contributed by atoms with E-state index >= 15 is 0 Å². The average Bonchev–Trinajstić information content (AvgIpc) is 0.796. The smallest absolute Gasteiger partial charge is 0.336 e. The summed E-state index contributed by atoms with van der Waals surface area (Å²) in [5.74, 6) is -7.12. The number of aryl methyl sites for hydroxylation is 4. The van der Waals surface area contributed by atoms with Crippen molar-refractivity contribution in [3.63, 3.8) is 0 Å². The molecule has 0 amide bonds. The number of rotatable bonds is 20. The second kappa shape index (κ2) is 35.3. The maximum absolute atomic E-state index is 11.8. The number of aliphatic carboxylic acids is 4. The van der Waals surface area contributed by atoms with Gasteiger partial charge in [0.1, 0.15) is 0 Å². The first-order valence-electron chi connectivity index (χ1n) is 32.5. The number of aromatic carboxylic acids is 4. The summed E-state index contributed by atoms with van der Waals surface area (Å²) in [4.78, 5) is 90.5. The Morgan fingerprint density at radius 2 is 0.351 bits per heavy atom. The van der Waals surface area contributed by atoms with Crippen molar-refractivity contribution < 1.29 is 99.6 Å². The molecule has 0 saturated heterocycles. The number of aliphatic hydroxyl groups excluding tert-OH is 4. The fourth-order valence-corrected chi connectivity index (χ4v) is 10.3. The molecule has 0 fully saturated rings. The molecule has 97 heavy (non-hydrogen) atoms. The molecule has 4 aromatic rings. The van der Waals surface area contributed by atoms with Crippen molar-refractivity contribution in [1.29, 1.82) is 0 Å². The second-order valence-electron chi connectivity index (χ2n) is 33.2. The summed E-state index contributed by atoms with van der Waals surface area (Å²) in [6, 6.07) is 14.8. The van der Waals surface area contributed by atoms with Crippen molar-refractivity contribution in [2.75, 3.05) is 26.4 Å². The van der Waals surface area contributed by atoms with Crippen LogP contribution in [0, 0.1) is 5.41 Å². The van der Waals surface area contributed by atoms with Crippen molar-refractivity contribution in [2.45, 2.75) is 261 Å². The van der Waals surface area contributed by atoms with E-state index in [0.717, 1.165) is 66.8 Å². The quantitative estimate of drug-likeness (QED) is 0.0391. The maximum atomic E-state index is 11.8. The van der Waals surface area contributed by atoms with E-state index in [9.17, 15) is 58.8 Å².